The third-order valence-electron chi connectivity index (χ3n) is 1.43. The fourth-order valence-electron chi connectivity index (χ4n) is 0.820. The molecule has 0 atom stereocenters. The maximum absolute atomic E-state index is 4.18. The lowest BCUT2D eigenvalue weighted by atomic mass is 10.5. The Balaban J connectivity index is 2.79. The van der Waals surface area contributed by atoms with Gasteiger partial charge in [0.25, 0.3) is 0 Å². The Bertz CT molecular complexity index is 256. The number of nitrogens with zero attached hydrogens (tertiary/aromatic N) is 3. The number of rotatable bonds is 3. The van der Waals surface area contributed by atoms with Gasteiger partial charge in [0.05, 0.1) is 3.57 Å². The molecule has 0 N–H and O–H groups in total. The smallest absolute Gasteiger partial charge is 0.145 e. The molecule has 0 amide bonds. The predicted octanol–water partition coefficient (Wildman–Crippen LogP) is 1.91. The molecule has 0 fully saturated rings. The third kappa shape index (κ3) is 2.55. The van der Waals surface area contributed by atoms with Crippen molar-refractivity contribution in [3.8, 4) is 0 Å². The normalized spacial score (nSPS) is 9.92. The minimum absolute atomic E-state index is 0.948. The fourth-order valence-corrected chi connectivity index (χ4v) is 2.06. The van der Waals surface area contributed by atoms with Crippen LogP contribution in [0.5, 0.6) is 0 Å². The molecule has 0 aromatic carbocycles. The number of hydrogen-bond acceptors (Lipinski definition) is 3. The Morgan fingerprint density at radius 3 is 3.00 bits per heavy atom. The second-order valence-corrected chi connectivity index (χ2v) is 4.26. The van der Waals surface area contributed by atoms with Crippen molar-refractivity contribution in [2.45, 2.75) is 0 Å². The lowest BCUT2D eigenvalue weighted by molar-refractivity contribution is 0.932. The van der Waals surface area contributed by atoms with Gasteiger partial charge in [-0.3, -0.25) is 0 Å². The zero-order valence-electron chi connectivity index (χ0n) is 6.67. The molecular weight excluding hydrogens is 333 g/mol. The van der Waals surface area contributed by atoms with E-state index in [1.807, 2.05) is 13.2 Å². The van der Waals surface area contributed by atoms with Crippen LogP contribution < -0.4 is 4.90 Å². The van der Waals surface area contributed by atoms with Crippen molar-refractivity contribution >= 4 is 44.3 Å². The second-order valence-electron chi connectivity index (χ2n) is 2.30. The van der Waals surface area contributed by atoms with Crippen LogP contribution in [0.1, 0.15) is 0 Å². The van der Waals surface area contributed by atoms with Crippen LogP contribution in [-0.4, -0.2) is 28.9 Å². The average Bonchev–Trinajstić information content (AvgIpc) is 2.05. The van der Waals surface area contributed by atoms with Crippen LogP contribution in [0, 0.1) is 3.57 Å². The first-order chi connectivity index (χ1) is 5.75. The van der Waals surface area contributed by atoms with E-state index in [0.717, 1.165) is 21.3 Å². The molecule has 0 aliphatic carbocycles. The van der Waals surface area contributed by atoms with Crippen molar-refractivity contribution in [1.29, 1.82) is 0 Å². The minimum atomic E-state index is 0.948. The summed E-state index contributed by atoms with van der Waals surface area (Å²) in [6, 6.07) is 0. The fraction of sp³-hybridized carbons (Fsp3) is 0.429. The van der Waals surface area contributed by atoms with E-state index in [1.165, 1.54) is 0 Å². The lowest BCUT2D eigenvalue weighted by Crippen LogP contribution is -2.21. The minimum Gasteiger partial charge on any atom is -0.358 e. The molecule has 1 heterocycles. The molecule has 1 rings (SSSR count). The van der Waals surface area contributed by atoms with Crippen LogP contribution in [0.4, 0.5) is 5.82 Å². The zero-order chi connectivity index (χ0) is 8.97. The van der Waals surface area contributed by atoms with Gasteiger partial charge in [0.1, 0.15) is 12.1 Å². The summed E-state index contributed by atoms with van der Waals surface area (Å²) >= 11 is 5.62. The molecule has 0 spiro atoms. The largest absolute Gasteiger partial charge is 0.358 e. The molecule has 12 heavy (non-hydrogen) atoms. The first-order valence-corrected chi connectivity index (χ1v) is 5.68. The number of anilines is 1. The first kappa shape index (κ1) is 10.2. The van der Waals surface area contributed by atoms with E-state index in [4.69, 9.17) is 0 Å². The molecule has 0 aliphatic heterocycles. The van der Waals surface area contributed by atoms with Gasteiger partial charge >= 0.3 is 0 Å². The summed E-state index contributed by atoms with van der Waals surface area (Å²) in [5.41, 5.74) is 0. The molecule has 5 heteroatoms. The number of halogens is 2. The summed E-state index contributed by atoms with van der Waals surface area (Å²) < 4.78 is 1.08. The van der Waals surface area contributed by atoms with Crippen LogP contribution in [-0.2, 0) is 0 Å². The number of alkyl halides is 1. The van der Waals surface area contributed by atoms with Gasteiger partial charge in [-0.1, -0.05) is 15.9 Å². The molecule has 3 nitrogen and oxygen atoms in total. The Labute approximate surface area is 93.9 Å². The SMILES string of the molecule is CN(CCBr)c1ncncc1I. The molecule has 1 aromatic heterocycles. The molecule has 0 bridgehead atoms. The van der Waals surface area contributed by atoms with Gasteiger partial charge in [-0.2, -0.15) is 0 Å². The monoisotopic (exact) mass is 341 g/mol. The molecule has 0 unspecified atom stereocenters. The summed E-state index contributed by atoms with van der Waals surface area (Å²) in [5.74, 6) is 0.991. The van der Waals surface area contributed by atoms with Gasteiger partial charge in [-0.25, -0.2) is 9.97 Å². The van der Waals surface area contributed by atoms with Crippen molar-refractivity contribution in [3.05, 3.63) is 16.1 Å². The standard InChI is InChI=1S/C7H9BrIN3/c1-12(3-2-8)7-6(9)4-10-5-11-7/h4-5H,2-3H2,1H3. The number of aromatic nitrogens is 2. The molecule has 66 valence electrons. The van der Waals surface area contributed by atoms with Gasteiger partial charge < -0.3 is 4.90 Å². The Hall–Kier alpha value is 0.0900. The van der Waals surface area contributed by atoms with Gasteiger partial charge in [0, 0.05) is 25.1 Å². The van der Waals surface area contributed by atoms with Crippen LogP contribution in [0.3, 0.4) is 0 Å². The van der Waals surface area contributed by atoms with Gasteiger partial charge in [-0.15, -0.1) is 0 Å². The van der Waals surface area contributed by atoms with Gasteiger partial charge in [0.2, 0.25) is 0 Å². The van der Waals surface area contributed by atoms with Crippen molar-refractivity contribution in [1.82, 2.24) is 9.97 Å². The highest BCUT2D eigenvalue weighted by atomic mass is 127. The van der Waals surface area contributed by atoms with E-state index in [9.17, 15) is 0 Å². The lowest BCUT2D eigenvalue weighted by Gasteiger charge is -2.17. The highest BCUT2D eigenvalue weighted by Crippen LogP contribution is 2.16. The molecule has 1 aromatic rings. The quantitative estimate of drug-likeness (QED) is 0.621. The maximum atomic E-state index is 4.18. The van der Waals surface area contributed by atoms with Gasteiger partial charge in [0.15, 0.2) is 0 Å². The highest BCUT2D eigenvalue weighted by Gasteiger charge is 2.04. The summed E-state index contributed by atoms with van der Waals surface area (Å²) in [5, 5.41) is 0.948. The summed E-state index contributed by atoms with van der Waals surface area (Å²) in [6.07, 6.45) is 3.38. The predicted molar refractivity (Wildman–Crippen MR) is 61.8 cm³/mol. The third-order valence-corrected chi connectivity index (χ3v) is 2.55. The maximum Gasteiger partial charge on any atom is 0.145 e. The average molecular weight is 342 g/mol. The van der Waals surface area contributed by atoms with Crippen LogP contribution in [0.15, 0.2) is 12.5 Å². The summed E-state index contributed by atoms with van der Waals surface area (Å²) in [7, 11) is 2.02. The second kappa shape index (κ2) is 4.96. The van der Waals surface area contributed by atoms with Crippen LogP contribution in [0.2, 0.25) is 0 Å². The van der Waals surface area contributed by atoms with E-state index in [2.05, 4.69) is 53.4 Å². The van der Waals surface area contributed by atoms with E-state index >= 15 is 0 Å². The van der Waals surface area contributed by atoms with Gasteiger partial charge in [-0.05, 0) is 22.6 Å². The van der Waals surface area contributed by atoms with Crippen LogP contribution >= 0.6 is 38.5 Å². The Morgan fingerprint density at radius 1 is 1.67 bits per heavy atom. The van der Waals surface area contributed by atoms with E-state index in [0.29, 0.717) is 0 Å². The highest BCUT2D eigenvalue weighted by molar-refractivity contribution is 14.1. The van der Waals surface area contributed by atoms with E-state index < -0.39 is 0 Å². The topological polar surface area (TPSA) is 29.0 Å². The van der Waals surface area contributed by atoms with Crippen LogP contribution in [0.25, 0.3) is 0 Å². The molecular formula is C7H9BrIN3. The number of hydrogen-bond donors (Lipinski definition) is 0. The molecule has 0 radical (unpaired) electrons. The van der Waals surface area contributed by atoms with Crippen molar-refractivity contribution < 1.29 is 0 Å². The Morgan fingerprint density at radius 2 is 2.42 bits per heavy atom. The van der Waals surface area contributed by atoms with E-state index in [-0.39, 0.29) is 0 Å². The summed E-state index contributed by atoms with van der Waals surface area (Å²) in [4.78, 5) is 10.2. The molecule has 0 aliphatic rings. The first-order valence-electron chi connectivity index (χ1n) is 3.48. The van der Waals surface area contributed by atoms with Crippen molar-refractivity contribution in [3.63, 3.8) is 0 Å². The van der Waals surface area contributed by atoms with Crippen molar-refractivity contribution in [2.75, 3.05) is 23.8 Å². The summed E-state index contributed by atoms with van der Waals surface area (Å²) in [6.45, 7) is 0.951. The molecule has 0 saturated heterocycles. The van der Waals surface area contributed by atoms with Crippen molar-refractivity contribution in [2.24, 2.45) is 0 Å². The Kier molecular flexibility index (Phi) is 4.20. The molecule has 0 saturated carbocycles. The zero-order valence-corrected chi connectivity index (χ0v) is 10.4. The van der Waals surface area contributed by atoms with E-state index in [1.54, 1.807) is 6.33 Å².